The smallest absolute Gasteiger partial charge is 0.331 e. The van der Waals surface area contributed by atoms with Gasteiger partial charge in [-0.25, -0.2) is 19.2 Å². The van der Waals surface area contributed by atoms with E-state index in [1.807, 2.05) is 60.7 Å². The minimum absolute atomic E-state index is 0.141. The monoisotopic (exact) mass is 468 g/mol. The molecule has 0 spiro atoms. The molecule has 2 aromatic rings. The number of carbonyl (C=O) groups excluding carboxylic acids is 4. The Morgan fingerprint density at radius 2 is 1.03 bits per heavy atom. The summed E-state index contributed by atoms with van der Waals surface area (Å²) < 4.78 is 10.2. The van der Waals surface area contributed by atoms with Gasteiger partial charge in [0.25, 0.3) is 0 Å². The van der Waals surface area contributed by atoms with Crippen molar-refractivity contribution in [2.75, 3.05) is 13.2 Å². The van der Waals surface area contributed by atoms with Crippen molar-refractivity contribution in [2.45, 2.75) is 24.9 Å². The van der Waals surface area contributed by atoms with E-state index in [0.29, 0.717) is 12.8 Å². The minimum atomic E-state index is -0.794. The number of esters is 2. The maximum absolute atomic E-state index is 12.0. The van der Waals surface area contributed by atoms with E-state index in [0.717, 1.165) is 23.3 Å². The Kier molecular flexibility index (Phi) is 10.6. The van der Waals surface area contributed by atoms with E-state index in [4.69, 9.17) is 20.9 Å². The molecule has 10 nitrogen and oxygen atoms in total. The van der Waals surface area contributed by atoms with Crippen LogP contribution in [0.3, 0.4) is 0 Å². The van der Waals surface area contributed by atoms with Crippen LogP contribution in [0.1, 0.15) is 11.1 Å². The van der Waals surface area contributed by atoms with Crippen LogP contribution in [0.5, 0.6) is 0 Å². The molecule has 4 amide bonds. The molecule has 34 heavy (non-hydrogen) atoms. The molecule has 2 atom stereocenters. The van der Waals surface area contributed by atoms with Gasteiger partial charge in [0.05, 0.1) is 12.1 Å². The highest BCUT2D eigenvalue weighted by Crippen LogP contribution is 2.05. The van der Waals surface area contributed by atoms with Crippen molar-refractivity contribution in [1.29, 1.82) is 0 Å². The van der Waals surface area contributed by atoms with Crippen molar-refractivity contribution < 1.29 is 28.7 Å². The number of rotatable bonds is 12. The predicted molar refractivity (Wildman–Crippen MR) is 124 cm³/mol. The number of nitrogens with one attached hydrogen (secondary N) is 2. The minimum Gasteiger partial charge on any atom is -0.460 e. The van der Waals surface area contributed by atoms with Crippen molar-refractivity contribution in [2.24, 2.45) is 11.5 Å². The molecule has 0 saturated heterocycles. The molecule has 2 aromatic carbocycles. The molecular formula is C24H28N4O6. The first-order valence-corrected chi connectivity index (χ1v) is 10.5. The van der Waals surface area contributed by atoms with Gasteiger partial charge in [-0.15, -0.1) is 0 Å². The van der Waals surface area contributed by atoms with E-state index in [1.54, 1.807) is 0 Å². The van der Waals surface area contributed by atoms with Gasteiger partial charge in [0, 0.05) is 12.2 Å². The summed E-state index contributed by atoms with van der Waals surface area (Å²) in [5.74, 6) is -1.59. The number of ether oxygens (including phenoxy) is 2. The summed E-state index contributed by atoms with van der Waals surface area (Å²) >= 11 is 0. The third-order valence-electron chi connectivity index (χ3n) is 4.55. The zero-order chi connectivity index (χ0) is 24.8. The van der Waals surface area contributed by atoms with Gasteiger partial charge < -0.3 is 31.6 Å². The fraction of sp³-hybridized carbons (Fsp3) is 0.250. The first kappa shape index (κ1) is 25.9. The van der Waals surface area contributed by atoms with Gasteiger partial charge in [-0.1, -0.05) is 60.7 Å². The Hall–Kier alpha value is -4.34. The third-order valence-corrected chi connectivity index (χ3v) is 4.55. The third kappa shape index (κ3) is 10.8. The first-order chi connectivity index (χ1) is 16.3. The second-order valence-electron chi connectivity index (χ2n) is 7.38. The van der Waals surface area contributed by atoms with Crippen LogP contribution >= 0.6 is 0 Å². The molecule has 0 fully saturated rings. The van der Waals surface area contributed by atoms with Gasteiger partial charge in [0.15, 0.2) is 0 Å². The number of hydrogen-bond donors (Lipinski definition) is 4. The largest absolute Gasteiger partial charge is 0.460 e. The molecule has 2 rings (SSSR count). The number of benzene rings is 2. The molecule has 0 unspecified atom stereocenters. The van der Waals surface area contributed by atoms with Crippen LogP contribution in [0.2, 0.25) is 0 Å². The van der Waals surface area contributed by atoms with Crippen molar-refractivity contribution in [3.8, 4) is 0 Å². The zero-order valence-electron chi connectivity index (χ0n) is 18.5. The standard InChI is InChI=1S/C24H28N4O6/c25-23(31)27-19(13-17-7-3-1-4-8-17)15-33-21(29)11-12-22(30)34-16-20(28-24(26)32)14-18-9-5-2-6-10-18/h1-12,19-20H,13-16H2,(H3,25,27,31)(H3,26,28,32)/b12-11+/t19-,20-/m0/s1. The molecule has 0 aliphatic heterocycles. The molecule has 6 N–H and O–H groups in total. The fourth-order valence-corrected chi connectivity index (χ4v) is 3.10. The number of hydrogen-bond acceptors (Lipinski definition) is 6. The number of primary amides is 2. The van der Waals surface area contributed by atoms with E-state index >= 15 is 0 Å². The lowest BCUT2D eigenvalue weighted by atomic mass is 10.1. The molecular weight excluding hydrogens is 440 g/mol. The van der Waals surface area contributed by atoms with Crippen molar-refractivity contribution >= 4 is 24.0 Å². The number of amides is 4. The highest BCUT2D eigenvalue weighted by atomic mass is 16.5. The lowest BCUT2D eigenvalue weighted by Gasteiger charge is -2.17. The fourth-order valence-electron chi connectivity index (χ4n) is 3.10. The highest BCUT2D eigenvalue weighted by molar-refractivity contribution is 5.91. The molecule has 0 radical (unpaired) electrons. The van der Waals surface area contributed by atoms with Crippen LogP contribution in [0, 0.1) is 0 Å². The summed E-state index contributed by atoms with van der Waals surface area (Å²) in [5, 5.41) is 5.04. The van der Waals surface area contributed by atoms with Gasteiger partial charge >= 0.3 is 24.0 Å². The highest BCUT2D eigenvalue weighted by Gasteiger charge is 2.15. The Morgan fingerprint density at radius 1 is 0.676 bits per heavy atom. The quantitative estimate of drug-likeness (QED) is 0.270. The zero-order valence-corrected chi connectivity index (χ0v) is 18.5. The Morgan fingerprint density at radius 3 is 1.35 bits per heavy atom. The van der Waals surface area contributed by atoms with Crippen molar-refractivity contribution in [3.63, 3.8) is 0 Å². The van der Waals surface area contributed by atoms with Gasteiger partial charge in [0.2, 0.25) is 0 Å². The molecule has 0 aliphatic carbocycles. The predicted octanol–water partition coefficient (Wildman–Crippen LogP) is 1.19. The SMILES string of the molecule is NC(=O)N[C@H](COC(=O)/C=C/C(=O)OC[C@H](Cc1ccccc1)NC(N)=O)Cc1ccccc1. The maximum atomic E-state index is 12.0. The summed E-state index contributed by atoms with van der Waals surface area (Å²) in [6.45, 7) is -0.282. The molecule has 10 heteroatoms. The Labute approximate surface area is 197 Å². The Balaban J connectivity index is 1.81. The maximum Gasteiger partial charge on any atom is 0.331 e. The van der Waals surface area contributed by atoms with E-state index in [1.165, 1.54) is 0 Å². The van der Waals surface area contributed by atoms with Crippen LogP contribution in [0.4, 0.5) is 9.59 Å². The van der Waals surface area contributed by atoms with Crippen molar-refractivity contribution in [1.82, 2.24) is 10.6 Å². The second-order valence-corrected chi connectivity index (χ2v) is 7.38. The van der Waals surface area contributed by atoms with Gasteiger partial charge in [-0.2, -0.15) is 0 Å². The normalized spacial score (nSPS) is 12.4. The summed E-state index contributed by atoms with van der Waals surface area (Å²) in [6.07, 6.45) is 2.64. The molecule has 180 valence electrons. The summed E-state index contributed by atoms with van der Waals surface area (Å²) in [5.41, 5.74) is 12.2. The summed E-state index contributed by atoms with van der Waals surface area (Å²) in [4.78, 5) is 46.4. The summed E-state index contributed by atoms with van der Waals surface area (Å²) in [6, 6.07) is 16.0. The molecule has 0 saturated carbocycles. The number of nitrogens with two attached hydrogens (primary N) is 2. The topological polar surface area (TPSA) is 163 Å². The van der Waals surface area contributed by atoms with Crippen molar-refractivity contribution in [3.05, 3.63) is 83.9 Å². The summed E-state index contributed by atoms with van der Waals surface area (Å²) in [7, 11) is 0. The van der Waals surface area contributed by atoms with Crippen LogP contribution in [-0.2, 0) is 31.9 Å². The van der Waals surface area contributed by atoms with E-state index in [9.17, 15) is 19.2 Å². The lowest BCUT2D eigenvalue weighted by Crippen LogP contribution is -2.43. The van der Waals surface area contributed by atoms with Gasteiger partial charge in [-0.3, -0.25) is 0 Å². The molecule has 0 aliphatic rings. The molecule has 0 aromatic heterocycles. The first-order valence-electron chi connectivity index (χ1n) is 10.5. The Bertz CT molecular complexity index is 902. The number of urea groups is 2. The van der Waals surface area contributed by atoms with Crippen LogP contribution in [-0.4, -0.2) is 49.3 Å². The van der Waals surface area contributed by atoms with E-state index in [2.05, 4.69) is 10.6 Å². The van der Waals surface area contributed by atoms with Crippen LogP contribution in [0.25, 0.3) is 0 Å². The lowest BCUT2D eigenvalue weighted by molar-refractivity contribution is -0.141. The second kappa shape index (κ2) is 13.9. The average molecular weight is 469 g/mol. The number of carbonyl (C=O) groups is 4. The van der Waals surface area contributed by atoms with E-state index < -0.39 is 36.1 Å². The van der Waals surface area contributed by atoms with Gasteiger partial charge in [0.1, 0.15) is 13.2 Å². The molecule has 0 bridgehead atoms. The van der Waals surface area contributed by atoms with E-state index in [-0.39, 0.29) is 13.2 Å². The molecule has 0 heterocycles. The van der Waals surface area contributed by atoms with Gasteiger partial charge in [-0.05, 0) is 24.0 Å². The average Bonchev–Trinajstić information content (AvgIpc) is 2.80. The van der Waals surface area contributed by atoms with Crippen LogP contribution in [0.15, 0.2) is 72.8 Å². The van der Waals surface area contributed by atoms with Crippen LogP contribution < -0.4 is 22.1 Å².